The molecule has 1 heterocycles. The van der Waals surface area contributed by atoms with E-state index in [0.29, 0.717) is 10.7 Å². The summed E-state index contributed by atoms with van der Waals surface area (Å²) < 4.78 is 4.85. The van der Waals surface area contributed by atoms with Crippen LogP contribution in [0, 0.1) is 0 Å². The van der Waals surface area contributed by atoms with Gasteiger partial charge in [0.2, 0.25) is 0 Å². The van der Waals surface area contributed by atoms with Gasteiger partial charge in [0.15, 0.2) is 0 Å². The van der Waals surface area contributed by atoms with Crippen molar-refractivity contribution in [3.8, 4) is 11.1 Å². The number of halogens is 1. The van der Waals surface area contributed by atoms with Gasteiger partial charge in [-0.05, 0) is 37.6 Å². The molecule has 1 aromatic heterocycles. The number of benzene rings is 2. The molecule has 2 aromatic carbocycles. The van der Waals surface area contributed by atoms with Crippen molar-refractivity contribution in [1.29, 1.82) is 0 Å². The number of hydrogen-bond donors (Lipinski definition) is 2. The lowest BCUT2D eigenvalue weighted by Crippen LogP contribution is -2.23. The number of carbonyl (C=O) groups is 2. The predicted octanol–water partition coefficient (Wildman–Crippen LogP) is 4.16. The van der Waals surface area contributed by atoms with Crippen molar-refractivity contribution in [2.75, 3.05) is 6.61 Å². The summed E-state index contributed by atoms with van der Waals surface area (Å²) in [5, 5.41) is 5.23. The van der Waals surface area contributed by atoms with Crippen LogP contribution in [-0.2, 0) is 9.53 Å². The lowest BCUT2D eigenvalue weighted by molar-refractivity contribution is -0.135. The van der Waals surface area contributed by atoms with E-state index in [1.165, 1.54) is 6.92 Å². The molecule has 138 valence electrons. The molecule has 7 heteroatoms. The molecule has 0 aliphatic rings. The third-order valence-corrected chi connectivity index (χ3v) is 4.18. The number of hydrogen-bond acceptors (Lipinski definition) is 4. The van der Waals surface area contributed by atoms with Crippen LogP contribution in [0.2, 0.25) is 5.02 Å². The summed E-state index contributed by atoms with van der Waals surface area (Å²) in [5.74, 6) is -1.05. The van der Waals surface area contributed by atoms with Gasteiger partial charge in [0.05, 0.1) is 6.61 Å². The Hall–Kier alpha value is -3.12. The Labute approximate surface area is 161 Å². The second-order valence-electron chi connectivity index (χ2n) is 5.79. The molecule has 3 rings (SSSR count). The number of rotatable bonds is 5. The Kier molecular flexibility index (Phi) is 5.57. The maximum absolute atomic E-state index is 12.7. The molecule has 0 saturated carbocycles. The first-order valence-electron chi connectivity index (χ1n) is 8.39. The van der Waals surface area contributed by atoms with Gasteiger partial charge in [-0.1, -0.05) is 41.9 Å². The van der Waals surface area contributed by atoms with Crippen molar-refractivity contribution in [2.24, 2.45) is 5.10 Å². The van der Waals surface area contributed by atoms with Gasteiger partial charge in [0.25, 0.3) is 5.91 Å². The van der Waals surface area contributed by atoms with Crippen molar-refractivity contribution < 1.29 is 14.3 Å². The third kappa shape index (κ3) is 4.01. The van der Waals surface area contributed by atoms with Crippen LogP contribution < -0.4 is 5.43 Å². The van der Waals surface area contributed by atoms with Crippen molar-refractivity contribution in [3.05, 3.63) is 59.2 Å². The minimum absolute atomic E-state index is 0.0608. The summed E-state index contributed by atoms with van der Waals surface area (Å²) in [4.78, 5) is 27.5. The van der Waals surface area contributed by atoms with Gasteiger partial charge in [-0.2, -0.15) is 5.10 Å². The standard InChI is InChI=1S/C20H18ClN3O3/c1-3-27-20(26)12(2)23-24-19(25)18-17(13-7-5-4-6-8-13)15-11-14(21)9-10-16(15)22-18/h4-11,22H,3H2,1-2H3,(H,24,25)/b23-12+. The van der Waals surface area contributed by atoms with Crippen LogP contribution >= 0.6 is 11.6 Å². The van der Waals surface area contributed by atoms with Crippen molar-refractivity contribution >= 4 is 40.1 Å². The molecule has 0 spiro atoms. The number of nitrogens with one attached hydrogen (secondary N) is 2. The molecule has 0 atom stereocenters. The van der Waals surface area contributed by atoms with Crippen molar-refractivity contribution in [1.82, 2.24) is 10.4 Å². The zero-order chi connectivity index (χ0) is 19.4. The highest BCUT2D eigenvalue weighted by Gasteiger charge is 2.19. The van der Waals surface area contributed by atoms with Gasteiger partial charge in [0, 0.05) is 21.5 Å². The molecule has 0 unspecified atom stereocenters. The first kappa shape index (κ1) is 18.7. The lowest BCUT2D eigenvalue weighted by Gasteiger charge is -2.05. The smallest absolute Gasteiger partial charge is 0.354 e. The number of aromatic nitrogens is 1. The maximum atomic E-state index is 12.7. The Morgan fingerprint density at radius 1 is 1.19 bits per heavy atom. The largest absolute Gasteiger partial charge is 0.461 e. The Morgan fingerprint density at radius 2 is 1.93 bits per heavy atom. The van der Waals surface area contributed by atoms with Gasteiger partial charge in [-0.3, -0.25) is 4.79 Å². The zero-order valence-corrected chi connectivity index (χ0v) is 15.6. The van der Waals surface area contributed by atoms with Crippen LogP contribution in [0.3, 0.4) is 0 Å². The minimum Gasteiger partial charge on any atom is -0.461 e. The van der Waals surface area contributed by atoms with Crippen LogP contribution in [0.1, 0.15) is 24.3 Å². The molecular formula is C20H18ClN3O3. The fourth-order valence-electron chi connectivity index (χ4n) is 2.71. The maximum Gasteiger partial charge on any atom is 0.354 e. The highest BCUT2D eigenvalue weighted by atomic mass is 35.5. The molecular weight excluding hydrogens is 366 g/mol. The normalized spacial score (nSPS) is 11.4. The minimum atomic E-state index is -0.579. The molecule has 6 nitrogen and oxygen atoms in total. The van der Waals surface area contributed by atoms with Crippen LogP contribution in [0.5, 0.6) is 0 Å². The Morgan fingerprint density at radius 3 is 2.63 bits per heavy atom. The van der Waals surface area contributed by atoms with E-state index < -0.39 is 11.9 Å². The number of carbonyl (C=O) groups excluding carboxylic acids is 2. The first-order chi connectivity index (χ1) is 13.0. The Balaban J connectivity index is 2.02. The molecule has 3 aromatic rings. The van der Waals surface area contributed by atoms with Crippen LogP contribution in [0.25, 0.3) is 22.0 Å². The van der Waals surface area contributed by atoms with Crippen LogP contribution in [-0.4, -0.2) is 29.2 Å². The van der Waals surface area contributed by atoms with E-state index in [-0.39, 0.29) is 12.3 Å². The fraction of sp³-hybridized carbons (Fsp3) is 0.150. The van der Waals surface area contributed by atoms with Crippen LogP contribution in [0.15, 0.2) is 53.6 Å². The molecule has 0 bridgehead atoms. The molecule has 0 aliphatic heterocycles. The molecule has 27 heavy (non-hydrogen) atoms. The number of ether oxygens (including phenoxy) is 1. The van der Waals surface area contributed by atoms with E-state index in [1.807, 2.05) is 36.4 Å². The zero-order valence-electron chi connectivity index (χ0n) is 14.9. The summed E-state index contributed by atoms with van der Waals surface area (Å²) in [7, 11) is 0. The van der Waals surface area contributed by atoms with E-state index in [0.717, 1.165) is 22.0 Å². The number of esters is 1. The third-order valence-electron chi connectivity index (χ3n) is 3.95. The number of aromatic amines is 1. The highest BCUT2D eigenvalue weighted by molar-refractivity contribution is 6.35. The number of H-pyrrole nitrogens is 1. The van der Waals surface area contributed by atoms with Crippen molar-refractivity contribution in [3.63, 3.8) is 0 Å². The van der Waals surface area contributed by atoms with E-state index in [4.69, 9.17) is 16.3 Å². The summed E-state index contributed by atoms with van der Waals surface area (Å²) in [6, 6.07) is 14.9. The molecule has 0 aliphatic carbocycles. The highest BCUT2D eigenvalue weighted by Crippen LogP contribution is 2.34. The topological polar surface area (TPSA) is 83.5 Å². The summed E-state index contributed by atoms with van der Waals surface area (Å²) in [6.07, 6.45) is 0. The van der Waals surface area contributed by atoms with Gasteiger partial charge in [-0.15, -0.1) is 0 Å². The van der Waals surface area contributed by atoms with E-state index in [1.54, 1.807) is 19.1 Å². The van der Waals surface area contributed by atoms with Gasteiger partial charge >= 0.3 is 5.97 Å². The quantitative estimate of drug-likeness (QED) is 0.394. The summed E-state index contributed by atoms with van der Waals surface area (Å²) >= 11 is 6.15. The average Bonchev–Trinajstić information content (AvgIpc) is 3.05. The first-order valence-corrected chi connectivity index (χ1v) is 8.77. The fourth-order valence-corrected chi connectivity index (χ4v) is 2.88. The second kappa shape index (κ2) is 8.05. The molecule has 1 amide bonds. The molecule has 0 radical (unpaired) electrons. The number of amides is 1. The lowest BCUT2D eigenvalue weighted by atomic mass is 10.0. The summed E-state index contributed by atoms with van der Waals surface area (Å²) in [6.45, 7) is 3.41. The molecule has 0 fully saturated rings. The number of nitrogens with zero attached hydrogens (tertiary/aromatic N) is 1. The summed E-state index contributed by atoms with van der Waals surface area (Å²) in [5.41, 5.74) is 5.15. The van der Waals surface area contributed by atoms with E-state index in [2.05, 4.69) is 15.5 Å². The number of fused-ring (bicyclic) bond motifs is 1. The van der Waals surface area contributed by atoms with Gasteiger partial charge in [0.1, 0.15) is 11.4 Å². The number of hydrazone groups is 1. The van der Waals surface area contributed by atoms with Crippen molar-refractivity contribution in [2.45, 2.75) is 13.8 Å². The molecule has 0 saturated heterocycles. The average molecular weight is 384 g/mol. The van der Waals surface area contributed by atoms with E-state index >= 15 is 0 Å². The Bertz CT molecular complexity index is 1030. The molecule has 2 N–H and O–H groups in total. The van der Waals surface area contributed by atoms with E-state index in [9.17, 15) is 9.59 Å². The predicted molar refractivity (Wildman–Crippen MR) is 106 cm³/mol. The van der Waals surface area contributed by atoms with Gasteiger partial charge < -0.3 is 9.72 Å². The van der Waals surface area contributed by atoms with Gasteiger partial charge in [-0.25, -0.2) is 10.2 Å². The SMILES string of the molecule is CCOC(=O)/C(C)=N/NC(=O)c1[nH]c2ccc(Cl)cc2c1-c1ccccc1. The second-order valence-corrected chi connectivity index (χ2v) is 6.23. The monoisotopic (exact) mass is 383 g/mol. The van der Waals surface area contributed by atoms with Crippen LogP contribution in [0.4, 0.5) is 0 Å².